The zero-order valence-electron chi connectivity index (χ0n) is 11.6. The average molecular weight is 267 g/mol. The summed E-state index contributed by atoms with van der Waals surface area (Å²) in [7, 11) is 0. The molecule has 1 heterocycles. The van der Waals surface area contributed by atoms with Crippen LogP contribution in [0.25, 0.3) is 0 Å². The molecule has 3 N–H and O–H groups in total. The first-order valence-corrected chi connectivity index (χ1v) is 7.64. The van der Waals surface area contributed by atoms with Crippen LogP contribution >= 0.6 is 0 Å². The van der Waals surface area contributed by atoms with Gasteiger partial charge in [0.2, 0.25) is 0 Å². The van der Waals surface area contributed by atoms with Crippen LogP contribution in [0, 0.1) is 0 Å². The van der Waals surface area contributed by atoms with Gasteiger partial charge in [-0.25, -0.2) is 0 Å². The van der Waals surface area contributed by atoms with E-state index in [0.29, 0.717) is 25.2 Å². The molecule has 2 aliphatic carbocycles. The van der Waals surface area contributed by atoms with Gasteiger partial charge in [0.05, 0.1) is 13.2 Å². The van der Waals surface area contributed by atoms with Gasteiger partial charge in [0, 0.05) is 18.9 Å². The number of ether oxygens (including phenoxy) is 2. The van der Waals surface area contributed by atoms with E-state index in [1.807, 2.05) is 0 Å². The van der Waals surface area contributed by atoms with E-state index in [0.717, 1.165) is 12.8 Å². The van der Waals surface area contributed by atoms with E-state index in [2.05, 4.69) is 10.3 Å². The maximum Gasteiger partial charge on any atom is 0.188 e. The molecule has 0 amide bonds. The first kappa shape index (κ1) is 13.2. The van der Waals surface area contributed by atoms with Crippen LogP contribution in [0.4, 0.5) is 0 Å². The minimum Gasteiger partial charge on any atom is -0.370 e. The zero-order chi connectivity index (χ0) is 13.1. The highest BCUT2D eigenvalue weighted by Gasteiger charge is 2.43. The third-order valence-electron chi connectivity index (χ3n) is 4.45. The summed E-state index contributed by atoms with van der Waals surface area (Å²) < 4.78 is 11.8. The lowest BCUT2D eigenvalue weighted by Gasteiger charge is -2.21. The monoisotopic (exact) mass is 267 g/mol. The smallest absolute Gasteiger partial charge is 0.188 e. The van der Waals surface area contributed by atoms with Crippen molar-refractivity contribution in [3.63, 3.8) is 0 Å². The van der Waals surface area contributed by atoms with Crippen molar-refractivity contribution < 1.29 is 9.47 Å². The van der Waals surface area contributed by atoms with Gasteiger partial charge in [0.25, 0.3) is 0 Å². The molecule has 19 heavy (non-hydrogen) atoms. The number of hydrogen-bond donors (Lipinski definition) is 2. The van der Waals surface area contributed by atoms with Crippen molar-refractivity contribution >= 4 is 5.96 Å². The summed E-state index contributed by atoms with van der Waals surface area (Å²) in [6, 6.07) is 0.519. The van der Waals surface area contributed by atoms with Crippen LogP contribution < -0.4 is 11.1 Å². The Morgan fingerprint density at radius 1 is 1.21 bits per heavy atom. The van der Waals surface area contributed by atoms with Crippen molar-refractivity contribution in [1.82, 2.24) is 5.32 Å². The lowest BCUT2D eigenvalue weighted by molar-refractivity contribution is -0.160. The molecule has 1 unspecified atom stereocenters. The van der Waals surface area contributed by atoms with Gasteiger partial charge < -0.3 is 20.5 Å². The Hall–Kier alpha value is -0.810. The van der Waals surface area contributed by atoms with E-state index in [1.54, 1.807) is 0 Å². The molecular formula is C14H25N3O2. The molecule has 0 aromatic rings. The first-order valence-electron chi connectivity index (χ1n) is 7.64. The van der Waals surface area contributed by atoms with Gasteiger partial charge in [-0.2, -0.15) is 0 Å². The highest BCUT2D eigenvalue weighted by molar-refractivity contribution is 5.78. The van der Waals surface area contributed by atoms with Crippen LogP contribution in [-0.2, 0) is 9.47 Å². The SMILES string of the molecule is NC(=NCC1COC2(CCCC2)O1)NC1CCCC1. The number of hydrogen-bond acceptors (Lipinski definition) is 3. The Morgan fingerprint density at radius 2 is 1.95 bits per heavy atom. The number of aliphatic imine (C=N–C) groups is 1. The molecule has 2 saturated carbocycles. The van der Waals surface area contributed by atoms with Gasteiger partial charge >= 0.3 is 0 Å². The molecule has 3 aliphatic rings. The molecule has 3 fully saturated rings. The molecule has 1 atom stereocenters. The lowest BCUT2D eigenvalue weighted by Crippen LogP contribution is -2.39. The second-order valence-corrected chi connectivity index (χ2v) is 6.02. The maximum absolute atomic E-state index is 6.02. The second-order valence-electron chi connectivity index (χ2n) is 6.02. The van der Waals surface area contributed by atoms with Gasteiger partial charge in [0.15, 0.2) is 11.7 Å². The number of nitrogens with two attached hydrogens (primary N) is 1. The van der Waals surface area contributed by atoms with E-state index in [1.165, 1.54) is 38.5 Å². The minimum absolute atomic E-state index is 0.0713. The molecule has 1 aliphatic heterocycles. The Kier molecular flexibility index (Phi) is 3.93. The van der Waals surface area contributed by atoms with Crippen LogP contribution in [0.3, 0.4) is 0 Å². The van der Waals surface area contributed by atoms with E-state index in [4.69, 9.17) is 15.2 Å². The van der Waals surface area contributed by atoms with E-state index in [9.17, 15) is 0 Å². The normalized spacial score (nSPS) is 31.4. The summed E-state index contributed by atoms with van der Waals surface area (Å²) in [5, 5.41) is 3.30. The highest BCUT2D eigenvalue weighted by atomic mass is 16.7. The van der Waals surface area contributed by atoms with Crippen LogP contribution in [0.5, 0.6) is 0 Å². The van der Waals surface area contributed by atoms with E-state index < -0.39 is 0 Å². The molecule has 108 valence electrons. The van der Waals surface area contributed by atoms with Gasteiger partial charge in [-0.15, -0.1) is 0 Å². The van der Waals surface area contributed by atoms with E-state index in [-0.39, 0.29) is 11.9 Å². The van der Waals surface area contributed by atoms with E-state index >= 15 is 0 Å². The zero-order valence-corrected chi connectivity index (χ0v) is 11.6. The van der Waals surface area contributed by atoms with Crippen molar-refractivity contribution in [2.75, 3.05) is 13.2 Å². The van der Waals surface area contributed by atoms with Crippen molar-refractivity contribution in [3.05, 3.63) is 0 Å². The minimum atomic E-state index is -0.284. The number of nitrogens with zero attached hydrogens (tertiary/aromatic N) is 1. The van der Waals surface area contributed by atoms with Crippen molar-refractivity contribution in [1.29, 1.82) is 0 Å². The molecule has 0 radical (unpaired) electrons. The molecule has 3 rings (SSSR count). The molecule has 0 aromatic carbocycles. The maximum atomic E-state index is 6.02. The summed E-state index contributed by atoms with van der Waals surface area (Å²) in [6.45, 7) is 1.26. The fourth-order valence-corrected chi connectivity index (χ4v) is 3.41. The summed E-state index contributed by atoms with van der Waals surface area (Å²) in [6.07, 6.45) is 9.57. The molecule has 5 heteroatoms. The Balaban J connectivity index is 1.44. The van der Waals surface area contributed by atoms with Gasteiger partial charge in [-0.1, -0.05) is 12.8 Å². The van der Waals surface area contributed by atoms with Crippen molar-refractivity contribution in [3.8, 4) is 0 Å². The first-order chi connectivity index (χ1) is 9.26. The fourth-order valence-electron chi connectivity index (χ4n) is 3.41. The molecule has 0 bridgehead atoms. The number of guanidine groups is 1. The molecule has 1 spiro atoms. The van der Waals surface area contributed by atoms with Crippen LogP contribution in [0.15, 0.2) is 4.99 Å². The average Bonchev–Trinajstić information content (AvgIpc) is 3.12. The summed E-state index contributed by atoms with van der Waals surface area (Å²) in [5.74, 6) is 0.274. The largest absolute Gasteiger partial charge is 0.370 e. The predicted molar refractivity (Wildman–Crippen MR) is 73.9 cm³/mol. The summed E-state index contributed by atoms with van der Waals surface area (Å²) in [5.41, 5.74) is 5.92. The standard InChI is InChI=1S/C14H25N3O2/c15-13(17-11-5-1-2-6-11)16-9-12-10-18-14(19-12)7-3-4-8-14/h11-12H,1-10H2,(H3,15,16,17). The molecule has 0 aromatic heterocycles. The Bertz CT molecular complexity index is 334. The number of nitrogens with one attached hydrogen (secondary N) is 1. The van der Waals surface area contributed by atoms with Crippen LogP contribution in [-0.4, -0.2) is 37.0 Å². The van der Waals surface area contributed by atoms with Crippen LogP contribution in [0.2, 0.25) is 0 Å². The van der Waals surface area contributed by atoms with Crippen LogP contribution in [0.1, 0.15) is 51.4 Å². The topological polar surface area (TPSA) is 68.9 Å². The van der Waals surface area contributed by atoms with Crippen molar-refractivity contribution in [2.45, 2.75) is 69.3 Å². The third kappa shape index (κ3) is 3.20. The summed E-state index contributed by atoms with van der Waals surface area (Å²) >= 11 is 0. The number of rotatable bonds is 3. The van der Waals surface area contributed by atoms with Gasteiger partial charge in [0.1, 0.15) is 6.10 Å². The quantitative estimate of drug-likeness (QED) is 0.601. The third-order valence-corrected chi connectivity index (χ3v) is 4.45. The molecule has 5 nitrogen and oxygen atoms in total. The van der Waals surface area contributed by atoms with Gasteiger partial charge in [-0.3, -0.25) is 4.99 Å². The predicted octanol–water partition coefficient (Wildman–Crippen LogP) is 1.52. The Morgan fingerprint density at radius 3 is 2.68 bits per heavy atom. The van der Waals surface area contributed by atoms with Crippen molar-refractivity contribution in [2.24, 2.45) is 10.7 Å². The Labute approximate surface area is 114 Å². The molecular weight excluding hydrogens is 242 g/mol. The molecule has 1 saturated heterocycles. The fraction of sp³-hybridized carbons (Fsp3) is 0.929. The second kappa shape index (κ2) is 5.67. The highest BCUT2D eigenvalue weighted by Crippen LogP contribution is 2.39. The van der Waals surface area contributed by atoms with Gasteiger partial charge in [-0.05, 0) is 25.7 Å². The summed E-state index contributed by atoms with van der Waals surface area (Å²) in [4.78, 5) is 4.40. The lowest BCUT2D eigenvalue weighted by atomic mass is 10.2.